The molecule has 1 aliphatic rings. The summed E-state index contributed by atoms with van der Waals surface area (Å²) in [7, 11) is -3.32. The monoisotopic (exact) mass is 402 g/mol. The van der Waals surface area contributed by atoms with Gasteiger partial charge < -0.3 is 10.1 Å². The first-order valence-electron chi connectivity index (χ1n) is 8.96. The number of ether oxygens (including phenoxy) is 1. The number of benzene rings is 2. The zero-order valence-corrected chi connectivity index (χ0v) is 16.3. The number of nitrogens with zero attached hydrogens (tertiary/aromatic N) is 1. The van der Waals surface area contributed by atoms with Crippen molar-refractivity contribution < 1.29 is 22.7 Å². The van der Waals surface area contributed by atoms with Gasteiger partial charge in [-0.25, -0.2) is 12.7 Å². The lowest BCUT2D eigenvalue weighted by Crippen LogP contribution is -2.42. The molecule has 2 aromatic carbocycles. The summed E-state index contributed by atoms with van der Waals surface area (Å²) in [6.45, 7) is 0.571. The van der Waals surface area contributed by atoms with E-state index in [0.29, 0.717) is 36.4 Å². The molecule has 7 nitrogen and oxygen atoms in total. The van der Waals surface area contributed by atoms with Crippen LogP contribution in [0.3, 0.4) is 0 Å². The van der Waals surface area contributed by atoms with Crippen LogP contribution >= 0.6 is 0 Å². The van der Waals surface area contributed by atoms with Crippen LogP contribution in [0.2, 0.25) is 0 Å². The Kier molecular flexibility index (Phi) is 6.11. The number of rotatable bonds is 5. The van der Waals surface area contributed by atoms with Crippen molar-refractivity contribution in [1.29, 1.82) is 0 Å². The van der Waals surface area contributed by atoms with Gasteiger partial charge in [-0.3, -0.25) is 9.59 Å². The van der Waals surface area contributed by atoms with Crippen molar-refractivity contribution in [1.82, 2.24) is 4.31 Å². The molecule has 1 saturated heterocycles. The first kappa shape index (κ1) is 20.0. The van der Waals surface area contributed by atoms with Crippen LogP contribution in [0.15, 0.2) is 54.6 Å². The number of hydrogen-bond donors (Lipinski definition) is 1. The zero-order valence-electron chi connectivity index (χ0n) is 15.5. The molecule has 1 N–H and O–H groups in total. The Bertz CT molecular complexity index is 942. The first-order valence-corrected chi connectivity index (χ1v) is 10.8. The molecule has 1 fully saturated rings. The molecule has 28 heavy (non-hydrogen) atoms. The largest absolute Gasteiger partial charge is 0.426 e. The van der Waals surface area contributed by atoms with E-state index in [1.807, 2.05) is 6.07 Å². The molecular formula is C20H22N2O5S. The number of esters is 1. The number of carbonyl (C=O) groups excluding carboxylic acids is 2. The molecule has 0 saturated carbocycles. The fraction of sp³-hybridized carbons (Fsp3) is 0.300. The van der Waals surface area contributed by atoms with Crippen LogP contribution in [-0.4, -0.2) is 43.9 Å². The van der Waals surface area contributed by atoms with Crippen LogP contribution in [0.5, 0.6) is 5.75 Å². The van der Waals surface area contributed by atoms with Gasteiger partial charge in [0.05, 0.1) is 12.2 Å². The van der Waals surface area contributed by atoms with Gasteiger partial charge in [0.25, 0.3) is 5.91 Å². The van der Waals surface area contributed by atoms with Crippen LogP contribution in [-0.2, 0) is 14.8 Å². The Morgan fingerprint density at radius 2 is 1.75 bits per heavy atom. The standard InChI is InChI=1S/C20H22N2O5S/c1-28(25,26)22-13-5-8-16(14-22)20(24)27-18-11-9-17(10-12-18)21-19(23)15-6-3-2-4-7-15/h2-4,6-7,9-12,16H,5,8,13-14H2,1H3,(H,21,23). The fourth-order valence-electron chi connectivity index (χ4n) is 3.03. The van der Waals surface area contributed by atoms with E-state index in [1.165, 1.54) is 4.31 Å². The highest BCUT2D eigenvalue weighted by molar-refractivity contribution is 7.88. The van der Waals surface area contributed by atoms with Gasteiger partial charge in [0.15, 0.2) is 0 Å². The molecule has 0 radical (unpaired) electrons. The molecule has 148 valence electrons. The average Bonchev–Trinajstić information content (AvgIpc) is 2.69. The molecule has 1 amide bonds. The van der Waals surface area contributed by atoms with Crippen LogP contribution < -0.4 is 10.1 Å². The van der Waals surface area contributed by atoms with Gasteiger partial charge in [-0.2, -0.15) is 0 Å². The minimum absolute atomic E-state index is 0.142. The summed E-state index contributed by atoms with van der Waals surface area (Å²) in [5, 5.41) is 2.77. The third-order valence-electron chi connectivity index (χ3n) is 4.55. The Labute approximate surface area is 164 Å². The average molecular weight is 402 g/mol. The van der Waals surface area contributed by atoms with Crippen LogP contribution in [0.4, 0.5) is 5.69 Å². The van der Waals surface area contributed by atoms with Gasteiger partial charge in [-0.15, -0.1) is 0 Å². The molecule has 0 aromatic heterocycles. The quantitative estimate of drug-likeness (QED) is 0.613. The minimum Gasteiger partial charge on any atom is -0.426 e. The molecule has 2 aromatic rings. The predicted octanol–water partition coefficient (Wildman–Crippen LogP) is 2.52. The topological polar surface area (TPSA) is 92.8 Å². The van der Waals surface area contributed by atoms with Crippen molar-refractivity contribution in [3.63, 3.8) is 0 Å². The summed E-state index contributed by atoms with van der Waals surface area (Å²) < 4.78 is 30.1. The maximum absolute atomic E-state index is 12.4. The van der Waals surface area contributed by atoms with Crippen LogP contribution in [0.25, 0.3) is 0 Å². The Balaban J connectivity index is 1.58. The van der Waals surface area contributed by atoms with E-state index in [0.717, 1.165) is 6.26 Å². The Morgan fingerprint density at radius 1 is 1.07 bits per heavy atom. The van der Waals surface area contributed by atoms with Crippen LogP contribution in [0.1, 0.15) is 23.2 Å². The van der Waals surface area contributed by atoms with Gasteiger partial charge in [-0.05, 0) is 49.2 Å². The number of nitrogens with one attached hydrogen (secondary N) is 1. The highest BCUT2D eigenvalue weighted by atomic mass is 32.2. The summed E-state index contributed by atoms with van der Waals surface area (Å²) >= 11 is 0. The molecule has 0 bridgehead atoms. The van der Waals surface area contributed by atoms with Crippen molar-refractivity contribution in [3.05, 3.63) is 60.2 Å². The SMILES string of the molecule is CS(=O)(=O)N1CCCC(C(=O)Oc2ccc(NC(=O)c3ccccc3)cc2)C1. The van der Waals surface area contributed by atoms with E-state index in [1.54, 1.807) is 48.5 Å². The third-order valence-corrected chi connectivity index (χ3v) is 5.82. The van der Waals surface area contributed by atoms with Crippen molar-refractivity contribution in [2.45, 2.75) is 12.8 Å². The second-order valence-electron chi connectivity index (χ2n) is 6.73. The predicted molar refractivity (Wildman–Crippen MR) is 106 cm³/mol. The molecule has 1 heterocycles. The summed E-state index contributed by atoms with van der Waals surface area (Å²) in [6, 6.07) is 15.3. The summed E-state index contributed by atoms with van der Waals surface area (Å²) in [5.41, 5.74) is 1.13. The first-order chi connectivity index (χ1) is 13.3. The van der Waals surface area contributed by atoms with E-state index >= 15 is 0 Å². The number of hydrogen-bond acceptors (Lipinski definition) is 5. The fourth-order valence-corrected chi connectivity index (χ4v) is 3.95. The van der Waals surface area contributed by atoms with Gasteiger partial charge in [0, 0.05) is 24.3 Å². The maximum Gasteiger partial charge on any atom is 0.315 e. The molecule has 8 heteroatoms. The summed E-state index contributed by atoms with van der Waals surface area (Å²) in [6.07, 6.45) is 2.36. The molecule has 0 spiro atoms. The van der Waals surface area contributed by atoms with E-state index in [9.17, 15) is 18.0 Å². The van der Waals surface area contributed by atoms with Crippen LogP contribution in [0, 0.1) is 5.92 Å². The second kappa shape index (κ2) is 8.53. The summed E-state index contributed by atoms with van der Waals surface area (Å²) in [5.74, 6) is -0.817. The van der Waals surface area contributed by atoms with E-state index in [-0.39, 0.29) is 12.5 Å². The minimum atomic E-state index is -3.32. The van der Waals surface area contributed by atoms with Gasteiger partial charge in [0.2, 0.25) is 10.0 Å². The molecule has 0 aliphatic carbocycles. The molecular weight excluding hydrogens is 380 g/mol. The van der Waals surface area contributed by atoms with Gasteiger partial charge in [-0.1, -0.05) is 18.2 Å². The van der Waals surface area contributed by atoms with Gasteiger partial charge >= 0.3 is 5.97 Å². The molecule has 1 aliphatic heterocycles. The van der Waals surface area contributed by atoms with Gasteiger partial charge in [0.1, 0.15) is 5.75 Å². The highest BCUT2D eigenvalue weighted by Crippen LogP contribution is 2.22. The van der Waals surface area contributed by atoms with Crippen molar-refractivity contribution >= 4 is 27.6 Å². The van der Waals surface area contributed by atoms with Crippen molar-refractivity contribution in [2.75, 3.05) is 24.7 Å². The second-order valence-corrected chi connectivity index (χ2v) is 8.71. The Hall–Kier alpha value is -2.71. The molecule has 1 unspecified atom stereocenters. The number of piperidine rings is 1. The van der Waals surface area contributed by atoms with E-state index < -0.39 is 21.9 Å². The Morgan fingerprint density at radius 3 is 2.39 bits per heavy atom. The lowest BCUT2D eigenvalue weighted by atomic mass is 10.00. The van der Waals surface area contributed by atoms with Crippen molar-refractivity contribution in [3.8, 4) is 5.75 Å². The third kappa shape index (κ3) is 5.17. The zero-order chi connectivity index (χ0) is 20.1. The molecule has 1 atom stereocenters. The normalized spacial score (nSPS) is 17.7. The lowest BCUT2D eigenvalue weighted by Gasteiger charge is -2.29. The highest BCUT2D eigenvalue weighted by Gasteiger charge is 2.31. The number of amides is 1. The number of anilines is 1. The van der Waals surface area contributed by atoms with E-state index in [4.69, 9.17) is 4.74 Å². The number of carbonyl (C=O) groups is 2. The van der Waals surface area contributed by atoms with Crippen molar-refractivity contribution in [2.24, 2.45) is 5.92 Å². The van der Waals surface area contributed by atoms with E-state index in [2.05, 4.69) is 5.32 Å². The lowest BCUT2D eigenvalue weighted by molar-refractivity contribution is -0.140. The molecule has 3 rings (SSSR count). The smallest absolute Gasteiger partial charge is 0.315 e. The maximum atomic E-state index is 12.4. The number of sulfonamides is 1. The summed E-state index contributed by atoms with van der Waals surface area (Å²) in [4.78, 5) is 24.5.